The largest absolute Gasteiger partial charge is 0.490 e. The molecule has 2 aromatic rings. The highest BCUT2D eigenvalue weighted by atomic mass is 19.4. The summed E-state index contributed by atoms with van der Waals surface area (Å²) in [5.41, 5.74) is 9.47. The lowest BCUT2D eigenvalue weighted by Crippen LogP contribution is -2.47. The molecule has 3 N–H and O–H groups in total. The molecule has 1 fully saturated rings. The fraction of sp³-hybridized carbons (Fsp3) is 0.462. The van der Waals surface area contributed by atoms with Crippen molar-refractivity contribution in [2.24, 2.45) is 5.73 Å². The normalized spacial score (nSPS) is 14.7. The van der Waals surface area contributed by atoms with Crippen LogP contribution in [0.1, 0.15) is 42.9 Å². The van der Waals surface area contributed by atoms with Gasteiger partial charge in [0.25, 0.3) is 0 Å². The zero-order chi connectivity index (χ0) is 25.8. The maximum atomic E-state index is 12.6. The number of likely N-dealkylation sites (tertiary alicyclic amines) is 1. The second-order valence-corrected chi connectivity index (χ2v) is 8.51. The molecule has 1 heterocycles. The van der Waals surface area contributed by atoms with Gasteiger partial charge in [0, 0.05) is 45.2 Å². The van der Waals surface area contributed by atoms with Gasteiger partial charge in [0.2, 0.25) is 5.91 Å². The number of hydrogen-bond donors (Lipinski definition) is 2. The Bertz CT molecular complexity index is 930. The lowest BCUT2D eigenvalue weighted by Gasteiger charge is -2.38. The van der Waals surface area contributed by atoms with Crippen molar-refractivity contribution in [2.75, 3.05) is 19.6 Å². The van der Waals surface area contributed by atoms with Crippen molar-refractivity contribution in [2.45, 2.75) is 57.9 Å². The lowest BCUT2D eigenvalue weighted by molar-refractivity contribution is -0.192. The second-order valence-electron chi connectivity index (χ2n) is 8.51. The number of benzene rings is 2. The van der Waals surface area contributed by atoms with Crippen LogP contribution >= 0.6 is 0 Å². The van der Waals surface area contributed by atoms with E-state index in [-0.39, 0.29) is 5.91 Å². The molecule has 0 aromatic heterocycles. The molecule has 1 aliphatic rings. The first-order chi connectivity index (χ1) is 16.6. The van der Waals surface area contributed by atoms with E-state index in [1.165, 1.54) is 11.1 Å². The summed E-state index contributed by atoms with van der Waals surface area (Å²) in [6, 6.07) is 19.3. The molecular formula is C26H34F3N3O3. The zero-order valence-electron chi connectivity index (χ0n) is 20.0. The number of carbonyl (C=O) groups is 2. The van der Waals surface area contributed by atoms with E-state index in [1.54, 1.807) is 0 Å². The van der Waals surface area contributed by atoms with Crippen LogP contribution in [0.25, 0.3) is 0 Å². The maximum absolute atomic E-state index is 12.6. The van der Waals surface area contributed by atoms with Crippen LogP contribution in [0.15, 0.2) is 54.6 Å². The van der Waals surface area contributed by atoms with Crippen LogP contribution in [-0.4, -0.2) is 58.6 Å². The smallest absolute Gasteiger partial charge is 0.475 e. The van der Waals surface area contributed by atoms with Crippen LogP contribution in [0.3, 0.4) is 0 Å². The van der Waals surface area contributed by atoms with Gasteiger partial charge in [0.15, 0.2) is 0 Å². The number of halogens is 3. The predicted molar refractivity (Wildman–Crippen MR) is 128 cm³/mol. The van der Waals surface area contributed by atoms with E-state index in [0.717, 1.165) is 44.5 Å². The number of rotatable bonds is 8. The molecule has 0 unspecified atom stereocenters. The van der Waals surface area contributed by atoms with Crippen molar-refractivity contribution < 1.29 is 27.9 Å². The van der Waals surface area contributed by atoms with E-state index in [1.807, 2.05) is 19.1 Å². The summed E-state index contributed by atoms with van der Waals surface area (Å²) >= 11 is 0. The summed E-state index contributed by atoms with van der Waals surface area (Å²) in [6.07, 6.45) is -1.33. The number of piperidine rings is 1. The lowest BCUT2D eigenvalue weighted by atomic mass is 10.0. The van der Waals surface area contributed by atoms with Crippen LogP contribution < -0.4 is 5.73 Å². The van der Waals surface area contributed by atoms with Gasteiger partial charge in [-0.1, -0.05) is 61.5 Å². The zero-order valence-corrected chi connectivity index (χ0v) is 20.0. The molecular weight excluding hydrogens is 459 g/mol. The van der Waals surface area contributed by atoms with E-state index in [9.17, 15) is 18.0 Å². The number of carboxylic acids is 1. The van der Waals surface area contributed by atoms with Crippen molar-refractivity contribution in [3.8, 4) is 0 Å². The number of alkyl halides is 3. The molecule has 0 atom stereocenters. The third kappa shape index (κ3) is 9.70. The Kier molecular flexibility index (Phi) is 11.2. The minimum Gasteiger partial charge on any atom is -0.475 e. The molecule has 192 valence electrons. The van der Waals surface area contributed by atoms with Crippen LogP contribution in [-0.2, 0) is 29.1 Å². The van der Waals surface area contributed by atoms with E-state index in [4.69, 9.17) is 15.6 Å². The number of nitrogens with zero attached hydrogens (tertiary/aromatic N) is 2. The summed E-state index contributed by atoms with van der Waals surface area (Å²) in [6.45, 7) is 6.41. The van der Waals surface area contributed by atoms with Crippen LogP contribution in [0.2, 0.25) is 0 Å². The molecule has 0 aliphatic carbocycles. The van der Waals surface area contributed by atoms with Crippen molar-refractivity contribution in [3.05, 3.63) is 71.3 Å². The van der Waals surface area contributed by atoms with Crippen molar-refractivity contribution in [1.82, 2.24) is 9.80 Å². The monoisotopic (exact) mass is 493 g/mol. The standard InChI is InChI=1S/C24H33N3O.C2HF3O2/c1-2-24(28)27(19-22-10-6-9-21(17-22)18-25)23-12-15-26(16-13-23)14-11-20-7-4-3-5-8-20;3-2(4,5)1(6)7/h3-10,17,23H,2,11-16,18-19,25H2,1H3;(H,6,7). The van der Waals surface area contributed by atoms with Gasteiger partial charge in [-0.25, -0.2) is 4.79 Å². The molecule has 3 rings (SSSR count). The predicted octanol–water partition coefficient (Wildman–Crippen LogP) is 4.22. The summed E-state index contributed by atoms with van der Waals surface area (Å²) in [5, 5.41) is 7.12. The highest BCUT2D eigenvalue weighted by molar-refractivity contribution is 5.76. The van der Waals surface area contributed by atoms with Crippen molar-refractivity contribution in [3.63, 3.8) is 0 Å². The average Bonchev–Trinajstić information content (AvgIpc) is 2.86. The van der Waals surface area contributed by atoms with Crippen molar-refractivity contribution >= 4 is 11.9 Å². The average molecular weight is 494 g/mol. The molecule has 0 spiro atoms. The van der Waals surface area contributed by atoms with E-state index >= 15 is 0 Å². The summed E-state index contributed by atoms with van der Waals surface area (Å²) in [7, 11) is 0. The fourth-order valence-corrected chi connectivity index (χ4v) is 4.06. The number of aliphatic carboxylic acids is 1. The minimum atomic E-state index is -5.08. The number of nitrogens with two attached hydrogens (primary N) is 1. The van der Waals surface area contributed by atoms with E-state index < -0.39 is 12.1 Å². The molecule has 0 saturated carbocycles. The number of carbonyl (C=O) groups excluding carboxylic acids is 1. The van der Waals surface area contributed by atoms with Crippen LogP contribution in [0, 0.1) is 0 Å². The molecule has 0 radical (unpaired) electrons. The van der Waals surface area contributed by atoms with Gasteiger partial charge in [-0.3, -0.25) is 4.79 Å². The Balaban J connectivity index is 0.000000540. The first-order valence-corrected chi connectivity index (χ1v) is 11.8. The van der Waals surface area contributed by atoms with Gasteiger partial charge in [-0.2, -0.15) is 13.2 Å². The molecule has 1 saturated heterocycles. The van der Waals surface area contributed by atoms with E-state index in [2.05, 4.69) is 52.3 Å². The van der Waals surface area contributed by atoms with Crippen molar-refractivity contribution in [1.29, 1.82) is 0 Å². The Morgan fingerprint density at radius 1 is 1.03 bits per heavy atom. The van der Waals surface area contributed by atoms with Gasteiger partial charge < -0.3 is 20.6 Å². The number of carboxylic acid groups (broad SMARTS) is 1. The topological polar surface area (TPSA) is 86.9 Å². The maximum Gasteiger partial charge on any atom is 0.490 e. The summed E-state index contributed by atoms with van der Waals surface area (Å²) in [4.78, 5) is 26.2. The quantitative estimate of drug-likeness (QED) is 0.575. The molecule has 6 nitrogen and oxygen atoms in total. The molecule has 2 aromatic carbocycles. The summed E-state index contributed by atoms with van der Waals surface area (Å²) in [5.74, 6) is -2.51. The van der Waals surface area contributed by atoms with Crippen LogP contribution in [0.5, 0.6) is 0 Å². The number of amides is 1. The second kappa shape index (κ2) is 13.8. The third-order valence-electron chi connectivity index (χ3n) is 6.00. The van der Waals surface area contributed by atoms with Gasteiger partial charge in [0.05, 0.1) is 0 Å². The van der Waals surface area contributed by atoms with Gasteiger partial charge in [0.1, 0.15) is 0 Å². The molecule has 1 amide bonds. The first kappa shape index (κ1) is 28.3. The fourth-order valence-electron chi connectivity index (χ4n) is 4.06. The molecule has 35 heavy (non-hydrogen) atoms. The van der Waals surface area contributed by atoms with Crippen LogP contribution in [0.4, 0.5) is 13.2 Å². The SMILES string of the molecule is CCC(=O)N(Cc1cccc(CN)c1)C1CCN(CCc2ccccc2)CC1.O=C(O)C(F)(F)F. The number of hydrogen-bond acceptors (Lipinski definition) is 4. The molecule has 0 bridgehead atoms. The Hall–Kier alpha value is -2.91. The minimum absolute atomic E-state index is 0.251. The summed E-state index contributed by atoms with van der Waals surface area (Å²) < 4.78 is 31.7. The first-order valence-electron chi connectivity index (χ1n) is 11.8. The van der Waals surface area contributed by atoms with Gasteiger partial charge >= 0.3 is 12.1 Å². The van der Waals surface area contributed by atoms with Gasteiger partial charge in [-0.05, 0) is 36.0 Å². The van der Waals surface area contributed by atoms with E-state index in [0.29, 0.717) is 25.6 Å². The van der Waals surface area contributed by atoms with Gasteiger partial charge in [-0.15, -0.1) is 0 Å². The molecule has 9 heteroatoms. The highest BCUT2D eigenvalue weighted by Gasteiger charge is 2.38. The Morgan fingerprint density at radius 3 is 2.14 bits per heavy atom. The highest BCUT2D eigenvalue weighted by Crippen LogP contribution is 2.21. The Morgan fingerprint density at radius 2 is 1.60 bits per heavy atom. The third-order valence-corrected chi connectivity index (χ3v) is 6.00. The Labute approximate surface area is 204 Å². The molecule has 1 aliphatic heterocycles.